The van der Waals surface area contributed by atoms with Crippen LogP contribution in [0, 0.1) is 11.8 Å². The summed E-state index contributed by atoms with van der Waals surface area (Å²) in [5, 5.41) is 0. The predicted molar refractivity (Wildman–Crippen MR) is 145 cm³/mol. The van der Waals surface area contributed by atoms with E-state index in [1.807, 2.05) is 0 Å². The summed E-state index contributed by atoms with van der Waals surface area (Å²) in [6, 6.07) is 0. The van der Waals surface area contributed by atoms with E-state index in [2.05, 4.69) is 59.6 Å². The lowest BCUT2D eigenvalue weighted by Gasteiger charge is -2.18. The number of hydrogen-bond donors (Lipinski definition) is 0. The summed E-state index contributed by atoms with van der Waals surface area (Å²) in [6.07, 6.45) is 11.2. The minimum Gasteiger partial charge on any atom is -0.288 e. The quantitative estimate of drug-likeness (QED) is 0.207. The van der Waals surface area contributed by atoms with Crippen LogP contribution in [-0.4, -0.2) is 11.6 Å². The van der Waals surface area contributed by atoms with Crippen molar-refractivity contribution < 1.29 is 9.59 Å². The third-order valence-electron chi connectivity index (χ3n) is 6.82. The van der Waals surface area contributed by atoms with Gasteiger partial charge in [-0.2, -0.15) is 0 Å². The van der Waals surface area contributed by atoms with Crippen LogP contribution in [0.3, 0.4) is 0 Å². The third kappa shape index (κ3) is 5.34. The lowest BCUT2D eigenvalue weighted by atomic mass is 9.83. The lowest BCUT2D eigenvalue weighted by molar-refractivity contribution is 0.0978. The Balaban J connectivity index is 2.07. The number of halogens is 2. The Morgan fingerprint density at radius 2 is 1.06 bits per heavy atom. The summed E-state index contributed by atoms with van der Waals surface area (Å²) < 4.78 is 1.52. The summed E-state index contributed by atoms with van der Waals surface area (Å²) in [5.74, 6) is 1.20. The topological polar surface area (TPSA) is 34.1 Å². The van der Waals surface area contributed by atoms with Crippen molar-refractivity contribution in [2.24, 2.45) is 11.8 Å². The first-order valence-corrected chi connectivity index (χ1v) is 15.3. The van der Waals surface area contributed by atoms with Crippen LogP contribution in [0.25, 0.3) is 0 Å². The van der Waals surface area contributed by atoms with E-state index >= 15 is 0 Å². The number of fused-ring (bicyclic) bond motifs is 2. The first-order valence-electron chi connectivity index (χ1n) is 12.1. The highest BCUT2D eigenvalue weighted by molar-refractivity contribution is 9.12. The van der Waals surface area contributed by atoms with Crippen LogP contribution in [-0.2, 0) is 12.8 Å². The molecule has 0 spiro atoms. The fourth-order valence-corrected chi connectivity index (χ4v) is 9.40. The van der Waals surface area contributed by atoms with Crippen LogP contribution in [0.1, 0.15) is 121 Å². The van der Waals surface area contributed by atoms with E-state index in [0.717, 1.165) is 43.0 Å². The molecule has 0 fully saturated rings. The van der Waals surface area contributed by atoms with Gasteiger partial charge >= 0.3 is 0 Å². The van der Waals surface area contributed by atoms with E-state index < -0.39 is 0 Å². The predicted octanol–water partition coefficient (Wildman–Crippen LogP) is 9.63. The van der Waals surface area contributed by atoms with Gasteiger partial charge in [0.2, 0.25) is 0 Å². The van der Waals surface area contributed by atoms with Crippen molar-refractivity contribution in [1.29, 1.82) is 0 Å². The van der Waals surface area contributed by atoms with E-state index in [0.29, 0.717) is 34.1 Å². The molecule has 6 heteroatoms. The SMILES string of the molecule is CCCCC(CC)Cc1sc(CC(CC)CCCC)c2c1C(=O)c1c(Br)sc(Br)c1C2=O. The molecule has 2 aromatic heterocycles. The molecule has 2 nitrogen and oxygen atoms in total. The molecule has 0 N–H and O–H groups in total. The molecule has 3 rings (SSSR count). The Labute approximate surface area is 217 Å². The van der Waals surface area contributed by atoms with Gasteiger partial charge in [0.25, 0.3) is 0 Å². The van der Waals surface area contributed by atoms with E-state index in [9.17, 15) is 9.59 Å². The highest BCUT2D eigenvalue weighted by atomic mass is 79.9. The van der Waals surface area contributed by atoms with Gasteiger partial charge in [0.1, 0.15) is 0 Å². The molecule has 2 atom stereocenters. The van der Waals surface area contributed by atoms with Crippen molar-refractivity contribution in [3.8, 4) is 0 Å². The zero-order chi connectivity index (χ0) is 23.4. The number of ketones is 2. The molecule has 0 bridgehead atoms. The summed E-state index contributed by atoms with van der Waals surface area (Å²) in [7, 11) is 0. The second kappa shape index (κ2) is 11.9. The van der Waals surface area contributed by atoms with E-state index in [1.165, 1.54) is 49.9 Å². The van der Waals surface area contributed by atoms with Crippen LogP contribution in [0.4, 0.5) is 0 Å². The Bertz CT molecular complexity index is 900. The third-order valence-corrected chi connectivity index (χ3v) is 10.6. The van der Waals surface area contributed by atoms with Gasteiger partial charge in [-0.1, -0.05) is 79.1 Å². The van der Waals surface area contributed by atoms with Crippen LogP contribution < -0.4 is 0 Å². The fraction of sp³-hybridized carbons (Fsp3) is 0.615. The number of rotatable bonds is 12. The van der Waals surface area contributed by atoms with Gasteiger partial charge in [0.05, 0.1) is 18.7 Å². The fourth-order valence-electron chi connectivity index (χ4n) is 4.74. The molecule has 2 aromatic rings. The molecular weight excluding hydrogens is 568 g/mol. The van der Waals surface area contributed by atoms with Gasteiger partial charge in [-0.05, 0) is 56.5 Å². The van der Waals surface area contributed by atoms with Crippen molar-refractivity contribution in [2.75, 3.05) is 0 Å². The average Bonchev–Trinajstić information content (AvgIpc) is 3.29. The largest absolute Gasteiger partial charge is 0.288 e. The standard InChI is InChI=1S/C26H34Br2O2S2/c1-5-9-11-15(7-3)13-17-19-20(18(31-17)14-16(8-4)12-10-6-2)24(30)22-21(23(19)29)25(27)32-26(22)28/h15-16H,5-14H2,1-4H3. The molecule has 176 valence electrons. The Hall–Kier alpha value is -0.300. The number of carbonyl (C=O) groups excluding carboxylic acids is 2. The molecule has 0 aromatic carbocycles. The van der Waals surface area contributed by atoms with Gasteiger partial charge < -0.3 is 0 Å². The van der Waals surface area contributed by atoms with Crippen molar-refractivity contribution >= 4 is 66.1 Å². The number of unbranched alkanes of at least 4 members (excludes halogenated alkanes) is 2. The summed E-state index contributed by atoms with van der Waals surface area (Å²) in [4.78, 5) is 29.8. The summed E-state index contributed by atoms with van der Waals surface area (Å²) in [6.45, 7) is 8.96. The number of hydrogen-bond acceptors (Lipinski definition) is 4. The van der Waals surface area contributed by atoms with Gasteiger partial charge in [-0.3, -0.25) is 9.59 Å². The lowest BCUT2D eigenvalue weighted by Crippen LogP contribution is -2.21. The van der Waals surface area contributed by atoms with E-state index in [4.69, 9.17) is 0 Å². The molecule has 1 aliphatic rings. The van der Waals surface area contributed by atoms with Crippen molar-refractivity contribution in [1.82, 2.24) is 0 Å². The Morgan fingerprint density at radius 1 is 0.656 bits per heavy atom. The second-order valence-electron chi connectivity index (χ2n) is 9.00. The average molecular weight is 602 g/mol. The number of carbonyl (C=O) groups is 2. The van der Waals surface area contributed by atoms with Gasteiger partial charge in [-0.15, -0.1) is 22.7 Å². The first kappa shape index (κ1) is 26.3. The smallest absolute Gasteiger partial charge is 0.197 e. The van der Waals surface area contributed by atoms with Crippen molar-refractivity contribution in [2.45, 2.75) is 91.9 Å². The molecule has 2 unspecified atom stereocenters. The summed E-state index contributed by atoms with van der Waals surface area (Å²) in [5.41, 5.74) is 2.55. The maximum atomic E-state index is 13.7. The molecular formula is C26H34Br2O2S2. The molecule has 0 radical (unpaired) electrons. The van der Waals surface area contributed by atoms with Gasteiger partial charge in [0, 0.05) is 20.9 Å². The summed E-state index contributed by atoms with van der Waals surface area (Å²) >= 11 is 10.3. The van der Waals surface area contributed by atoms with E-state index in [-0.39, 0.29) is 11.6 Å². The molecule has 32 heavy (non-hydrogen) atoms. The minimum absolute atomic E-state index is 0.0351. The molecule has 0 aliphatic heterocycles. The van der Waals surface area contributed by atoms with Crippen LogP contribution in [0.5, 0.6) is 0 Å². The molecule has 2 heterocycles. The Kier molecular flexibility index (Phi) is 9.78. The molecule has 1 aliphatic carbocycles. The van der Waals surface area contributed by atoms with Crippen LogP contribution in [0.15, 0.2) is 7.57 Å². The highest BCUT2D eigenvalue weighted by Gasteiger charge is 2.40. The van der Waals surface area contributed by atoms with Crippen molar-refractivity contribution in [3.05, 3.63) is 39.6 Å². The normalized spacial score (nSPS) is 15.1. The molecule has 0 saturated carbocycles. The molecule has 0 amide bonds. The van der Waals surface area contributed by atoms with Gasteiger partial charge in [-0.25, -0.2) is 0 Å². The maximum absolute atomic E-state index is 13.7. The minimum atomic E-state index is 0.0351. The molecule has 0 saturated heterocycles. The first-order chi connectivity index (χ1) is 15.4. The highest BCUT2D eigenvalue weighted by Crippen LogP contribution is 2.47. The number of thiophene rings is 2. The monoisotopic (exact) mass is 600 g/mol. The van der Waals surface area contributed by atoms with Crippen LogP contribution >= 0.6 is 54.5 Å². The van der Waals surface area contributed by atoms with Crippen molar-refractivity contribution in [3.63, 3.8) is 0 Å². The zero-order valence-electron chi connectivity index (χ0n) is 19.6. The maximum Gasteiger partial charge on any atom is 0.197 e. The van der Waals surface area contributed by atoms with Gasteiger partial charge in [0.15, 0.2) is 11.6 Å². The zero-order valence-corrected chi connectivity index (χ0v) is 24.4. The second-order valence-corrected chi connectivity index (χ2v) is 13.8. The van der Waals surface area contributed by atoms with Crippen LogP contribution in [0.2, 0.25) is 0 Å². The Morgan fingerprint density at radius 3 is 1.41 bits per heavy atom. The van der Waals surface area contributed by atoms with E-state index in [1.54, 1.807) is 11.3 Å².